The van der Waals surface area contributed by atoms with Crippen molar-refractivity contribution in [1.82, 2.24) is 29.1 Å². The zero-order valence-electron chi connectivity index (χ0n) is 39.6. The minimum Gasteiger partial charge on any atom is -0.454 e. The topological polar surface area (TPSA) is 295 Å². The van der Waals surface area contributed by atoms with Crippen molar-refractivity contribution in [3.8, 4) is 0 Å². The number of nitrogens with one attached hydrogen (secondary N) is 1. The summed E-state index contributed by atoms with van der Waals surface area (Å²) in [6, 6.07) is 1.11. The molecule has 2 aliphatic heterocycles. The summed E-state index contributed by atoms with van der Waals surface area (Å²) >= 11 is 0.577. The minimum atomic E-state index is -4.44. The first kappa shape index (κ1) is 50.7. The summed E-state index contributed by atoms with van der Waals surface area (Å²) in [6.07, 6.45) is 5.11. The Bertz CT molecular complexity index is 2480. The van der Waals surface area contributed by atoms with E-state index in [0.29, 0.717) is 58.6 Å². The molecular formula is C46H68N7O14PS. The number of aromatic amines is 1. The fourth-order valence-electron chi connectivity index (χ4n) is 13.8. The van der Waals surface area contributed by atoms with Crippen LogP contribution >= 0.6 is 18.2 Å². The highest BCUT2D eigenvalue weighted by Gasteiger charge is 2.64. The second-order valence-electron chi connectivity index (χ2n) is 20.8. The average Bonchev–Trinajstić information content (AvgIpc) is 4.09. The smallest absolute Gasteiger partial charge is 0.392 e. The van der Waals surface area contributed by atoms with Crippen LogP contribution in [0.2, 0.25) is 0 Å². The Morgan fingerprint density at radius 3 is 2.61 bits per heavy atom. The first-order valence-electron chi connectivity index (χ1n) is 24.4. The van der Waals surface area contributed by atoms with E-state index in [1.54, 1.807) is 4.57 Å². The molecule has 7 N–H and O–H groups in total. The van der Waals surface area contributed by atoms with Crippen LogP contribution in [0.5, 0.6) is 0 Å². The molecule has 6 fully saturated rings. The number of ether oxygens (including phenoxy) is 4. The van der Waals surface area contributed by atoms with E-state index in [1.165, 1.54) is 26.0 Å². The Balaban J connectivity index is 0.830. The predicted octanol–water partition coefficient (Wildman–Crippen LogP) is 4.05. The number of methoxy groups -OCH3 is 1. The molecule has 18 atom stereocenters. The first-order chi connectivity index (χ1) is 33.0. The molecule has 9 rings (SSSR count). The van der Waals surface area contributed by atoms with Crippen LogP contribution in [0.25, 0.3) is 11.2 Å². The number of hydrogen-bond acceptors (Lipinski definition) is 19. The fourth-order valence-corrected chi connectivity index (χ4v) is 16.6. The monoisotopic (exact) mass is 1010 g/mol. The van der Waals surface area contributed by atoms with Gasteiger partial charge in [0.1, 0.15) is 48.4 Å². The quantitative estimate of drug-likeness (QED) is 0.0631. The third kappa shape index (κ3) is 9.62. The van der Waals surface area contributed by atoms with Crippen LogP contribution in [-0.4, -0.2) is 124 Å². The molecule has 3 aromatic heterocycles. The molecule has 69 heavy (non-hydrogen) atoms. The van der Waals surface area contributed by atoms with Crippen LogP contribution in [0.4, 0.5) is 5.82 Å². The van der Waals surface area contributed by atoms with Gasteiger partial charge in [-0.3, -0.25) is 32.8 Å². The summed E-state index contributed by atoms with van der Waals surface area (Å²) in [5.41, 5.74) is 5.21. The lowest BCUT2D eigenvalue weighted by atomic mass is 9.43. The molecule has 0 spiro atoms. The van der Waals surface area contributed by atoms with Crippen molar-refractivity contribution in [2.24, 2.45) is 46.3 Å². The SMILES string of the molecule is COC1C(OP(=O)(OCC2O[C@@H](n3cnc4c(N)ncnc43)C[C@H]2O)SCOC(=O)CCCC(C)C2CCC3C4CCC5CC(O)CCC5(C)C4CC(O)C23C)C(CO)OC1n1ccc(=O)[nH]c1=O. The van der Waals surface area contributed by atoms with Crippen LogP contribution in [0.15, 0.2) is 34.5 Å². The van der Waals surface area contributed by atoms with E-state index in [2.05, 4.69) is 40.7 Å². The maximum Gasteiger partial charge on any atom is 0.392 e. The van der Waals surface area contributed by atoms with Gasteiger partial charge in [0.25, 0.3) is 5.56 Å². The Labute approximate surface area is 403 Å². The number of anilines is 1. The summed E-state index contributed by atoms with van der Waals surface area (Å²) in [7, 11) is 1.31. The summed E-state index contributed by atoms with van der Waals surface area (Å²) in [5, 5.41) is 44.0. The maximum atomic E-state index is 14.8. The molecular weight excluding hydrogens is 938 g/mol. The Morgan fingerprint density at radius 1 is 1.03 bits per heavy atom. The van der Waals surface area contributed by atoms with Crippen LogP contribution in [0, 0.1) is 46.3 Å². The van der Waals surface area contributed by atoms with E-state index in [0.717, 1.165) is 68.4 Å². The van der Waals surface area contributed by atoms with Gasteiger partial charge in [0.2, 0.25) is 0 Å². The number of carbonyl (C=O) groups excluding carboxylic acids is 1. The molecule has 4 saturated carbocycles. The molecule has 5 heterocycles. The van der Waals surface area contributed by atoms with Gasteiger partial charge in [-0.2, -0.15) is 0 Å². The number of carbonyl (C=O) groups is 1. The number of aromatic nitrogens is 6. The molecule has 2 saturated heterocycles. The van der Waals surface area contributed by atoms with Gasteiger partial charge < -0.3 is 45.1 Å². The fraction of sp³-hybridized carbons (Fsp3) is 0.783. The molecule has 3 aromatic rings. The third-order valence-corrected chi connectivity index (χ3v) is 20.7. The lowest BCUT2D eigenvalue weighted by molar-refractivity contribution is -0.175. The van der Waals surface area contributed by atoms with Gasteiger partial charge in [-0.1, -0.05) is 20.8 Å². The molecule has 4 aliphatic carbocycles. The molecule has 0 bridgehead atoms. The standard InChI is InChI=1S/C46H68N7O14PS/c1-24(28-10-11-29-27-9-8-25-16-26(55)12-14-45(25,2)30(27)17-34(57)46(28,29)3)6-5-7-37(59)63-23-69-68(61,67-39-32(19-54)66-43(40(39)62-4)52-15-13-35(58)51-44(52)60)64-20-33-31(56)18-36(65-33)53-22-50-38-41(47)48-21-49-42(38)53/h13,15,21-22,24-34,36,39-40,43,54-57H,5-12,14,16-20,23H2,1-4H3,(H2,47,48,49)(H,51,58,60)/t24?,25?,26?,27?,28?,29?,30?,31-,32?,33?,34?,36-,39?,40?,43?,45?,46?,68?/m1/s1. The maximum absolute atomic E-state index is 14.8. The third-order valence-electron chi connectivity index (χ3n) is 17.4. The summed E-state index contributed by atoms with van der Waals surface area (Å²) in [6.45, 7) is 1.44. The number of nitrogens with zero attached hydrogens (tertiary/aromatic N) is 5. The van der Waals surface area contributed by atoms with Gasteiger partial charge >= 0.3 is 18.5 Å². The van der Waals surface area contributed by atoms with Gasteiger partial charge in [-0.15, -0.1) is 0 Å². The van der Waals surface area contributed by atoms with Crippen LogP contribution in [0.3, 0.4) is 0 Å². The van der Waals surface area contributed by atoms with Crippen LogP contribution in [-0.2, 0) is 37.4 Å². The minimum absolute atomic E-state index is 0.0940. The second kappa shape index (κ2) is 20.3. The highest BCUT2D eigenvalue weighted by molar-refractivity contribution is 8.55. The molecule has 6 aliphatic rings. The average molecular weight is 1010 g/mol. The zero-order valence-corrected chi connectivity index (χ0v) is 41.3. The number of hydrogen-bond donors (Lipinski definition) is 6. The van der Waals surface area contributed by atoms with Crippen molar-refractivity contribution in [3.05, 3.63) is 45.8 Å². The second-order valence-corrected chi connectivity index (χ2v) is 24.8. The van der Waals surface area contributed by atoms with Crippen molar-refractivity contribution < 1.29 is 57.8 Å². The van der Waals surface area contributed by atoms with Gasteiger partial charge in [0.15, 0.2) is 17.7 Å². The van der Waals surface area contributed by atoms with E-state index in [-0.39, 0.29) is 41.5 Å². The summed E-state index contributed by atoms with van der Waals surface area (Å²) in [5.74, 6) is 1.80. The number of nitrogens with two attached hydrogens (primary N) is 1. The molecule has 16 unspecified atom stereocenters. The van der Waals surface area contributed by atoms with Gasteiger partial charge in [0, 0.05) is 43.6 Å². The number of esters is 1. The number of aliphatic hydroxyl groups excluding tert-OH is 4. The normalized spacial score (nSPS) is 38.8. The molecule has 0 aromatic carbocycles. The summed E-state index contributed by atoms with van der Waals surface area (Å²) in [4.78, 5) is 52.6. The van der Waals surface area contributed by atoms with E-state index < -0.39 is 92.2 Å². The Hall–Kier alpha value is -3.28. The van der Waals surface area contributed by atoms with Crippen molar-refractivity contribution in [1.29, 1.82) is 0 Å². The largest absolute Gasteiger partial charge is 0.454 e. The lowest BCUT2D eigenvalue weighted by Gasteiger charge is -2.62. The van der Waals surface area contributed by atoms with E-state index >= 15 is 0 Å². The van der Waals surface area contributed by atoms with Gasteiger partial charge in [-0.05, 0) is 111 Å². The highest BCUT2D eigenvalue weighted by atomic mass is 32.7. The number of aliphatic hydroxyl groups is 4. The molecule has 382 valence electrons. The van der Waals surface area contributed by atoms with E-state index in [4.69, 9.17) is 33.7 Å². The number of imidazole rings is 1. The van der Waals surface area contributed by atoms with E-state index in [1.807, 2.05) is 0 Å². The van der Waals surface area contributed by atoms with Gasteiger partial charge in [-0.25, -0.2) is 24.3 Å². The van der Waals surface area contributed by atoms with Crippen molar-refractivity contribution in [2.75, 3.05) is 32.0 Å². The number of rotatable bonds is 17. The van der Waals surface area contributed by atoms with Crippen molar-refractivity contribution >= 4 is 41.1 Å². The zero-order chi connectivity index (χ0) is 49.0. The number of nitrogen functional groups attached to an aromatic ring is 1. The van der Waals surface area contributed by atoms with Crippen LogP contribution < -0.4 is 17.0 Å². The van der Waals surface area contributed by atoms with Crippen molar-refractivity contribution in [3.63, 3.8) is 0 Å². The van der Waals surface area contributed by atoms with Gasteiger partial charge in [0.05, 0.1) is 37.9 Å². The molecule has 23 heteroatoms. The van der Waals surface area contributed by atoms with Crippen molar-refractivity contribution in [2.45, 2.75) is 153 Å². The lowest BCUT2D eigenvalue weighted by Crippen LogP contribution is -2.58. The molecule has 0 amide bonds. The summed E-state index contributed by atoms with van der Waals surface area (Å²) < 4.78 is 53.0. The first-order valence-corrected chi connectivity index (χ1v) is 27.6. The Kier molecular flexibility index (Phi) is 14.9. The predicted molar refractivity (Wildman–Crippen MR) is 250 cm³/mol. The highest BCUT2D eigenvalue weighted by Crippen LogP contribution is 2.69. The number of fused-ring (bicyclic) bond motifs is 6. The molecule has 21 nitrogen and oxygen atoms in total. The van der Waals surface area contributed by atoms with E-state index in [9.17, 15) is 39.4 Å². The number of H-pyrrole nitrogens is 1. The van der Waals surface area contributed by atoms with Crippen LogP contribution in [0.1, 0.15) is 110 Å². The Morgan fingerprint density at radius 2 is 1.84 bits per heavy atom. The molecule has 0 radical (unpaired) electrons.